The zero-order valence-electron chi connectivity index (χ0n) is 11.4. The topological polar surface area (TPSA) is 99.4 Å². The number of ether oxygens (including phenoxy) is 1. The molecule has 0 heterocycles. The van der Waals surface area contributed by atoms with Gasteiger partial charge in [-0.15, -0.1) is 0 Å². The number of carbonyl (C=O) groups is 2. The highest BCUT2D eigenvalue weighted by atomic mass is 16.5. The molecule has 0 aliphatic carbocycles. The number of carbonyl (C=O) groups excluding carboxylic acids is 1. The number of carboxylic acids is 1. The molecule has 110 valence electrons. The predicted molar refractivity (Wildman–Crippen MR) is 78.7 cm³/mol. The van der Waals surface area contributed by atoms with Crippen LogP contribution in [-0.2, 0) is 4.79 Å². The average Bonchev–Trinajstić information content (AvgIpc) is 2.53. The van der Waals surface area contributed by atoms with Gasteiger partial charge < -0.3 is 15.2 Å². The van der Waals surface area contributed by atoms with Crippen LogP contribution >= 0.6 is 0 Å². The predicted octanol–water partition coefficient (Wildman–Crippen LogP) is 2.27. The van der Waals surface area contributed by atoms with E-state index in [2.05, 4.69) is 5.32 Å². The van der Waals surface area contributed by atoms with Crippen molar-refractivity contribution in [3.05, 3.63) is 59.7 Å². The lowest BCUT2D eigenvalue weighted by Crippen LogP contribution is -2.21. The molecule has 0 aliphatic rings. The summed E-state index contributed by atoms with van der Waals surface area (Å²) in [7, 11) is 0. The van der Waals surface area contributed by atoms with Gasteiger partial charge >= 0.3 is 5.97 Å². The van der Waals surface area contributed by atoms with Crippen molar-refractivity contribution in [2.45, 2.75) is 0 Å². The summed E-state index contributed by atoms with van der Waals surface area (Å²) in [4.78, 5) is 22.9. The first-order valence-electron chi connectivity index (χ1n) is 6.35. The summed E-state index contributed by atoms with van der Waals surface area (Å²) in [6.45, 7) is -0.289. The molecule has 0 spiro atoms. The van der Waals surface area contributed by atoms with Crippen molar-refractivity contribution in [1.29, 1.82) is 5.26 Å². The van der Waals surface area contributed by atoms with Crippen molar-refractivity contribution < 1.29 is 19.4 Å². The van der Waals surface area contributed by atoms with Crippen molar-refractivity contribution in [2.24, 2.45) is 0 Å². The quantitative estimate of drug-likeness (QED) is 0.881. The minimum atomic E-state index is -1.13. The Morgan fingerprint density at radius 2 is 1.95 bits per heavy atom. The molecule has 0 aliphatic heterocycles. The number of rotatable bonds is 5. The van der Waals surface area contributed by atoms with Crippen molar-refractivity contribution in [3.63, 3.8) is 0 Å². The van der Waals surface area contributed by atoms with E-state index in [-0.39, 0.29) is 17.9 Å². The number of nitrogens with one attached hydrogen (secondary N) is 1. The van der Waals surface area contributed by atoms with Gasteiger partial charge in [0.05, 0.1) is 22.9 Å². The Morgan fingerprint density at radius 1 is 1.18 bits per heavy atom. The van der Waals surface area contributed by atoms with Crippen LogP contribution in [0.5, 0.6) is 5.75 Å². The number of hydrogen-bond donors (Lipinski definition) is 2. The zero-order chi connectivity index (χ0) is 15.9. The van der Waals surface area contributed by atoms with Gasteiger partial charge in [-0.2, -0.15) is 5.26 Å². The summed E-state index contributed by atoms with van der Waals surface area (Å²) in [6.07, 6.45) is 0. The Balaban J connectivity index is 1.99. The largest absolute Gasteiger partial charge is 0.484 e. The molecular formula is C16H12N2O4. The number of benzene rings is 2. The lowest BCUT2D eigenvalue weighted by atomic mass is 10.2. The minimum Gasteiger partial charge on any atom is -0.484 e. The van der Waals surface area contributed by atoms with E-state index in [1.165, 1.54) is 18.2 Å². The van der Waals surface area contributed by atoms with Crippen LogP contribution in [0.3, 0.4) is 0 Å². The first-order chi connectivity index (χ1) is 10.6. The number of carboxylic acid groups (broad SMARTS) is 1. The summed E-state index contributed by atoms with van der Waals surface area (Å²) in [6, 6.07) is 14.5. The monoisotopic (exact) mass is 296 g/mol. The molecule has 0 unspecified atom stereocenters. The number of nitrogens with zero attached hydrogens (tertiary/aromatic N) is 1. The van der Waals surface area contributed by atoms with E-state index in [0.29, 0.717) is 11.3 Å². The fourth-order valence-corrected chi connectivity index (χ4v) is 1.77. The third-order valence-electron chi connectivity index (χ3n) is 2.76. The van der Waals surface area contributed by atoms with Crippen molar-refractivity contribution in [2.75, 3.05) is 11.9 Å². The van der Waals surface area contributed by atoms with Crippen LogP contribution in [0.15, 0.2) is 48.5 Å². The van der Waals surface area contributed by atoms with Crippen molar-refractivity contribution >= 4 is 17.6 Å². The zero-order valence-corrected chi connectivity index (χ0v) is 11.4. The Labute approximate surface area is 126 Å². The molecule has 0 saturated heterocycles. The van der Waals surface area contributed by atoms with E-state index in [9.17, 15) is 9.59 Å². The molecule has 0 saturated carbocycles. The molecule has 0 aromatic heterocycles. The van der Waals surface area contributed by atoms with Crippen molar-refractivity contribution in [3.8, 4) is 11.8 Å². The van der Waals surface area contributed by atoms with Gasteiger partial charge in [-0.25, -0.2) is 4.79 Å². The Morgan fingerprint density at radius 3 is 2.68 bits per heavy atom. The molecule has 0 atom stereocenters. The lowest BCUT2D eigenvalue weighted by Gasteiger charge is -2.09. The van der Waals surface area contributed by atoms with Crippen LogP contribution in [0, 0.1) is 11.3 Å². The number of para-hydroxylation sites is 1. The maximum absolute atomic E-state index is 11.8. The molecule has 6 heteroatoms. The second-order valence-corrected chi connectivity index (χ2v) is 4.33. The van der Waals surface area contributed by atoms with Gasteiger partial charge in [-0.1, -0.05) is 18.2 Å². The summed E-state index contributed by atoms with van der Waals surface area (Å²) in [5.74, 6) is -1.23. The van der Waals surface area contributed by atoms with Gasteiger partial charge in [-0.05, 0) is 30.3 Å². The van der Waals surface area contributed by atoms with Gasteiger partial charge in [0.1, 0.15) is 5.75 Å². The van der Waals surface area contributed by atoms with E-state index in [0.717, 1.165) is 0 Å². The van der Waals surface area contributed by atoms with Crippen LogP contribution < -0.4 is 10.1 Å². The van der Waals surface area contributed by atoms with E-state index in [1.807, 2.05) is 6.07 Å². The molecule has 2 N–H and O–H groups in total. The first kappa shape index (κ1) is 15.1. The van der Waals surface area contributed by atoms with Crippen LogP contribution in [0.4, 0.5) is 5.69 Å². The van der Waals surface area contributed by atoms with Gasteiger partial charge in [0.15, 0.2) is 6.61 Å². The van der Waals surface area contributed by atoms with Gasteiger partial charge in [0.2, 0.25) is 0 Å². The highest BCUT2D eigenvalue weighted by Crippen LogP contribution is 2.15. The number of aromatic carboxylic acids is 1. The third-order valence-corrected chi connectivity index (χ3v) is 2.76. The van der Waals surface area contributed by atoms with Gasteiger partial charge in [0.25, 0.3) is 5.91 Å². The Bertz CT molecular complexity index is 750. The first-order valence-corrected chi connectivity index (χ1v) is 6.35. The lowest BCUT2D eigenvalue weighted by molar-refractivity contribution is -0.118. The molecule has 0 bridgehead atoms. The summed E-state index contributed by atoms with van der Waals surface area (Å²) < 4.78 is 5.27. The highest BCUT2D eigenvalue weighted by Gasteiger charge is 2.12. The van der Waals surface area contributed by atoms with E-state index < -0.39 is 11.9 Å². The van der Waals surface area contributed by atoms with Crippen LogP contribution in [0.25, 0.3) is 0 Å². The van der Waals surface area contributed by atoms with Crippen LogP contribution in [-0.4, -0.2) is 23.6 Å². The average molecular weight is 296 g/mol. The van der Waals surface area contributed by atoms with Gasteiger partial charge in [0, 0.05) is 0 Å². The molecule has 2 aromatic rings. The van der Waals surface area contributed by atoms with Crippen LogP contribution in [0.1, 0.15) is 15.9 Å². The smallest absolute Gasteiger partial charge is 0.337 e. The summed E-state index contributed by atoms with van der Waals surface area (Å²) >= 11 is 0. The molecule has 0 fully saturated rings. The molecule has 0 radical (unpaired) electrons. The van der Waals surface area contributed by atoms with Crippen molar-refractivity contribution in [1.82, 2.24) is 0 Å². The molecule has 22 heavy (non-hydrogen) atoms. The number of hydrogen-bond acceptors (Lipinski definition) is 4. The van der Waals surface area contributed by atoms with E-state index >= 15 is 0 Å². The highest BCUT2D eigenvalue weighted by molar-refractivity contribution is 6.00. The Hall–Kier alpha value is -3.33. The standard InChI is InChI=1S/C16H12N2O4/c17-9-11-4-3-5-12(8-11)22-10-15(19)18-14-7-2-1-6-13(14)16(20)21/h1-8H,10H2,(H,18,19)(H,20,21). The second-order valence-electron chi connectivity index (χ2n) is 4.33. The fraction of sp³-hybridized carbons (Fsp3) is 0.0625. The van der Waals surface area contributed by atoms with E-state index in [1.54, 1.807) is 30.3 Å². The maximum Gasteiger partial charge on any atom is 0.337 e. The maximum atomic E-state index is 11.8. The molecular weight excluding hydrogens is 284 g/mol. The summed E-state index contributed by atoms with van der Waals surface area (Å²) in [5.41, 5.74) is 0.630. The molecule has 2 aromatic carbocycles. The third kappa shape index (κ3) is 3.84. The van der Waals surface area contributed by atoms with Gasteiger partial charge in [-0.3, -0.25) is 4.79 Å². The van der Waals surface area contributed by atoms with E-state index in [4.69, 9.17) is 15.1 Å². The SMILES string of the molecule is N#Cc1cccc(OCC(=O)Nc2ccccc2C(=O)O)c1. The molecule has 2 rings (SSSR count). The molecule has 1 amide bonds. The van der Waals surface area contributed by atoms with Crippen LogP contribution in [0.2, 0.25) is 0 Å². The fourth-order valence-electron chi connectivity index (χ4n) is 1.77. The molecule has 6 nitrogen and oxygen atoms in total. The summed E-state index contributed by atoms with van der Waals surface area (Å²) in [5, 5.41) is 20.3. The normalized spacial score (nSPS) is 9.59. The second kappa shape index (κ2) is 6.90. The number of amides is 1. The Kier molecular flexibility index (Phi) is 4.73. The number of nitriles is 1. The minimum absolute atomic E-state index is 0.00216. The number of anilines is 1.